The van der Waals surface area contributed by atoms with Crippen LogP contribution in [0.4, 0.5) is 0 Å². The van der Waals surface area contributed by atoms with Crippen LogP contribution in [0.5, 0.6) is 0 Å². The van der Waals surface area contributed by atoms with Crippen LogP contribution in [0.2, 0.25) is 5.02 Å². The molecule has 3 rings (SSSR count). The summed E-state index contributed by atoms with van der Waals surface area (Å²) in [5.74, 6) is 0.321. The second-order valence-electron chi connectivity index (χ2n) is 6.45. The van der Waals surface area contributed by atoms with Crippen LogP contribution in [0, 0.1) is 0 Å². The fourth-order valence-electron chi connectivity index (χ4n) is 2.75. The predicted octanol–water partition coefficient (Wildman–Crippen LogP) is 3.84. The van der Waals surface area contributed by atoms with Crippen molar-refractivity contribution in [3.05, 3.63) is 70.8 Å². The number of halogens is 1. The zero-order valence-corrected chi connectivity index (χ0v) is 15.5. The van der Waals surface area contributed by atoms with Crippen LogP contribution in [0.3, 0.4) is 0 Å². The molecule has 134 valence electrons. The third-order valence-electron chi connectivity index (χ3n) is 4.21. The van der Waals surface area contributed by atoms with Gasteiger partial charge < -0.3 is 11.1 Å². The van der Waals surface area contributed by atoms with Gasteiger partial charge in [0.1, 0.15) is 11.5 Å². The Kier molecular flexibility index (Phi) is 5.49. The summed E-state index contributed by atoms with van der Waals surface area (Å²) in [5.41, 5.74) is 7.02. The summed E-state index contributed by atoms with van der Waals surface area (Å²) < 4.78 is 0. The predicted molar refractivity (Wildman–Crippen MR) is 104 cm³/mol. The van der Waals surface area contributed by atoms with Crippen molar-refractivity contribution in [3.8, 4) is 0 Å². The molecule has 0 bridgehead atoms. The molecule has 0 saturated heterocycles. The topological polar surface area (TPSA) is 80.9 Å². The quantitative estimate of drug-likeness (QED) is 0.717. The number of carbonyl (C=O) groups excluding carboxylic acids is 1. The summed E-state index contributed by atoms with van der Waals surface area (Å²) in [6, 6.07) is 13.8. The maximum Gasteiger partial charge on any atom is 0.272 e. The second kappa shape index (κ2) is 7.81. The highest BCUT2D eigenvalue weighted by atomic mass is 35.5. The van der Waals surface area contributed by atoms with Gasteiger partial charge in [-0.05, 0) is 22.4 Å². The smallest absolute Gasteiger partial charge is 0.272 e. The molecule has 0 spiro atoms. The average Bonchev–Trinajstić information content (AvgIpc) is 2.65. The van der Waals surface area contributed by atoms with Gasteiger partial charge in [-0.3, -0.25) is 4.79 Å². The van der Waals surface area contributed by atoms with Gasteiger partial charge >= 0.3 is 0 Å². The van der Waals surface area contributed by atoms with E-state index in [-0.39, 0.29) is 35.1 Å². The Morgan fingerprint density at radius 3 is 2.62 bits per heavy atom. The highest BCUT2D eigenvalue weighted by Crippen LogP contribution is 2.21. The Morgan fingerprint density at radius 1 is 1.19 bits per heavy atom. The van der Waals surface area contributed by atoms with E-state index in [4.69, 9.17) is 17.3 Å². The van der Waals surface area contributed by atoms with Crippen molar-refractivity contribution in [2.45, 2.75) is 25.8 Å². The lowest BCUT2D eigenvalue weighted by Gasteiger charge is -2.18. The van der Waals surface area contributed by atoms with Gasteiger partial charge in [-0.1, -0.05) is 61.8 Å². The number of fused-ring (bicyclic) bond motifs is 1. The summed E-state index contributed by atoms with van der Waals surface area (Å²) >= 11 is 6.13. The van der Waals surface area contributed by atoms with Gasteiger partial charge in [0.05, 0.1) is 17.3 Å². The summed E-state index contributed by atoms with van der Waals surface area (Å²) in [4.78, 5) is 21.2. The maximum absolute atomic E-state index is 12.7. The van der Waals surface area contributed by atoms with E-state index in [0.717, 1.165) is 16.3 Å². The largest absolute Gasteiger partial charge is 0.343 e. The molecule has 1 heterocycles. The minimum atomic E-state index is -0.358. The molecule has 0 aliphatic carbocycles. The first-order valence-corrected chi connectivity index (χ1v) is 8.89. The van der Waals surface area contributed by atoms with Crippen LogP contribution in [-0.4, -0.2) is 22.4 Å². The van der Waals surface area contributed by atoms with Crippen LogP contribution < -0.4 is 11.1 Å². The second-order valence-corrected chi connectivity index (χ2v) is 6.85. The van der Waals surface area contributed by atoms with E-state index in [2.05, 4.69) is 15.3 Å². The van der Waals surface area contributed by atoms with Gasteiger partial charge in [0.25, 0.3) is 5.91 Å². The Hall–Kier alpha value is -2.50. The lowest BCUT2D eigenvalue weighted by Crippen LogP contribution is -2.34. The number of nitrogens with two attached hydrogens (primary N) is 1. The number of amides is 1. The molecular formula is C20H21ClN4O. The van der Waals surface area contributed by atoms with E-state index in [1.165, 1.54) is 6.20 Å². The molecule has 1 amide bonds. The Labute approximate surface area is 157 Å². The molecule has 1 aromatic heterocycles. The molecule has 0 fully saturated rings. The van der Waals surface area contributed by atoms with Crippen molar-refractivity contribution in [3.63, 3.8) is 0 Å². The van der Waals surface area contributed by atoms with Gasteiger partial charge in [-0.2, -0.15) is 0 Å². The number of benzene rings is 2. The minimum Gasteiger partial charge on any atom is -0.343 e. The molecule has 5 nitrogen and oxygen atoms in total. The summed E-state index contributed by atoms with van der Waals surface area (Å²) in [6.07, 6.45) is 1.46. The van der Waals surface area contributed by atoms with E-state index in [1.54, 1.807) is 0 Å². The highest BCUT2D eigenvalue weighted by Gasteiger charge is 2.19. The highest BCUT2D eigenvalue weighted by molar-refractivity contribution is 6.33. The standard InChI is InChI=1S/C20H21ClN4O/c1-12(2)19-23-11-16(21)18(25-19)20(26)24-17(10-22)15-8-7-13-5-3-4-6-14(13)9-15/h3-9,11-12,17H,10,22H2,1-2H3,(H,24,26). The maximum atomic E-state index is 12.7. The first-order valence-electron chi connectivity index (χ1n) is 8.51. The molecule has 1 atom stereocenters. The van der Waals surface area contributed by atoms with Crippen molar-refractivity contribution in [1.29, 1.82) is 0 Å². The average molecular weight is 369 g/mol. The first-order chi connectivity index (χ1) is 12.5. The Bertz CT molecular complexity index is 942. The van der Waals surface area contributed by atoms with Crippen molar-refractivity contribution < 1.29 is 4.79 Å². The monoisotopic (exact) mass is 368 g/mol. The molecule has 1 unspecified atom stereocenters. The first kappa shape index (κ1) is 18.3. The molecule has 6 heteroatoms. The van der Waals surface area contributed by atoms with Crippen LogP contribution in [0.25, 0.3) is 10.8 Å². The fraction of sp³-hybridized carbons (Fsp3) is 0.250. The fourth-order valence-corrected chi connectivity index (χ4v) is 2.92. The number of rotatable bonds is 5. The molecule has 0 radical (unpaired) electrons. The van der Waals surface area contributed by atoms with Gasteiger partial charge in [0, 0.05) is 12.5 Å². The third-order valence-corrected chi connectivity index (χ3v) is 4.49. The molecule has 3 aromatic rings. The van der Waals surface area contributed by atoms with Gasteiger partial charge in [0.15, 0.2) is 0 Å². The van der Waals surface area contributed by atoms with Crippen molar-refractivity contribution >= 4 is 28.3 Å². The number of nitrogens with one attached hydrogen (secondary N) is 1. The van der Waals surface area contributed by atoms with Crippen molar-refractivity contribution in [2.75, 3.05) is 6.54 Å². The molecule has 0 saturated carbocycles. The van der Waals surface area contributed by atoms with E-state index in [9.17, 15) is 4.79 Å². The lowest BCUT2D eigenvalue weighted by atomic mass is 10.0. The number of hydrogen-bond donors (Lipinski definition) is 2. The van der Waals surface area contributed by atoms with Crippen LogP contribution in [0.1, 0.15) is 47.7 Å². The zero-order chi connectivity index (χ0) is 18.7. The van der Waals surface area contributed by atoms with E-state index < -0.39 is 0 Å². The lowest BCUT2D eigenvalue weighted by molar-refractivity contribution is 0.0932. The summed E-state index contributed by atoms with van der Waals surface area (Å²) in [6.45, 7) is 4.19. The molecule has 0 aliphatic heterocycles. The number of nitrogens with zero attached hydrogens (tertiary/aromatic N) is 2. The van der Waals surface area contributed by atoms with Crippen molar-refractivity contribution in [1.82, 2.24) is 15.3 Å². The zero-order valence-electron chi connectivity index (χ0n) is 14.7. The molecule has 0 aliphatic rings. The van der Waals surface area contributed by atoms with Crippen LogP contribution >= 0.6 is 11.6 Å². The number of aromatic nitrogens is 2. The van der Waals surface area contributed by atoms with E-state index in [1.807, 2.05) is 56.3 Å². The van der Waals surface area contributed by atoms with Crippen molar-refractivity contribution in [2.24, 2.45) is 5.73 Å². The van der Waals surface area contributed by atoms with E-state index in [0.29, 0.717) is 5.82 Å². The summed E-state index contributed by atoms with van der Waals surface area (Å²) in [5, 5.41) is 5.39. The van der Waals surface area contributed by atoms with Gasteiger partial charge in [-0.15, -0.1) is 0 Å². The molecule has 3 N–H and O–H groups in total. The third kappa shape index (κ3) is 3.84. The van der Waals surface area contributed by atoms with Crippen LogP contribution in [0.15, 0.2) is 48.7 Å². The minimum absolute atomic E-state index is 0.101. The number of hydrogen-bond acceptors (Lipinski definition) is 4. The molecule has 26 heavy (non-hydrogen) atoms. The van der Waals surface area contributed by atoms with Crippen LogP contribution in [-0.2, 0) is 0 Å². The normalized spacial score (nSPS) is 12.3. The van der Waals surface area contributed by atoms with E-state index >= 15 is 0 Å². The van der Waals surface area contributed by atoms with Gasteiger partial charge in [0.2, 0.25) is 0 Å². The van der Waals surface area contributed by atoms with Gasteiger partial charge in [-0.25, -0.2) is 9.97 Å². The Morgan fingerprint density at radius 2 is 1.92 bits per heavy atom. The molecule has 2 aromatic carbocycles. The Balaban J connectivity index is 1.87. The summed E-state index contributed by atoms with van der Waals surface area (Å²) in [7, 11) is 0. The number of carbonyl (C=O) groups is 1. The molecular weight excluding hydrogens is 348 g/mol. The SMILES string of the molecule is CC(C)c1ncc(Cl)c(C(=O)NC(CN)c2ccc3ccccc3c2)n1.